The van der Waals surface area contributed by atoms with Gasteiger partial charge in [-0.3, -0.25) is 0 Å². The summed E-state index contributed by atoms with van der Waals surface area (Å²) in [5.41, 5.74) is 0. The van der Waals surface area contributed by atoms with Gasteiger partial charge in [0.15, 0.2) is 5.82 Å². The average molecular weight is 189 g/mol. The molecule has 1 aromatic heterocycles. The van der Waals surface area contributed by atoms with Gasteiger partial charge in [0.1, 0.15) is 5.38 Å². The van der Waals surface area contributed by atoms with Crippen LogP contribution in [0.25, 0.3) is 0 Å². The number of halogens is 1. The highest BCUT2D eigenvalue weighted by Crippen LogP contribution is 2.20. The SMILES string of the molecule is CCC(C)c1noc(C(C)Cl)n1. The molecule has 0 amide bonds. The number of hydrogen-bond acceptors (Lipinski definition) is 3. The van der Waals surface area contributed by atoms with E-state index in [1.54, 1.807) is 0 Å². The van der Waals surface area contributed by atoms with Crippen molar-refractivity contribution in [2.75, 3.05) is 0 Å². The van der Waals surface area contributed by atoms with Gasteiger partial charge in [0.25, 0.3) is 0 Å². The minimum Gasteiger partial charge on any atom is -0.338 e. The maximum atomic E-state index is 5.77. The summed E-state index contributed by atoms with van der Waals surface area (Å²) in [4.78, 5) is 4.17. The second-order valence-corrected chi connectivity index (χ2v) is 3.57. The molecule has 1 aromatic rings. The second kappa shape index (κ2) is 3.90. The van der Waals surface area contributed by atoms with Gasteiger partial charge in [-0.2, -0.15) is 4.98 Å². The van der Waals surface area contributed by atoms with Gasteiger partial charge in [0.05, 0.1) is 0 Å². The Bertz CT molecular complexity index is 247. The van der Waals surface area contributed by atoms with Crippen LogP contribution < -0.4 is 0 Å². The standard InChI is InChI=1S/C8H13ClN2O/c1-4-5(2)7-10-8(6(3)9)12-11-7/h5-6H,4H2,1-3H3. The predicted octanol–water partition coefficient (Wildman–Crippen LogP) is 2.88. The fraction of sp³-hybridized carbons (Fsp3) is 0.750. The van der Waals surface area contributed by atoms with Crippen LogP contribution in [0, 0.1) is 0 Å². The first kappa shape index (κ1) is 9.52. The summed E-state index contributed by atoms with van der Waals surface area (Å²) >= 11 is 5.77. The number of aromatic nitrogens is 2. The summed E-state index contributed by atoms with van der Waals surface area (Å²) in [5, 5.41) is 3.64. The van der Waals surface area contributed by atoms with Crippen LogP contribution in [0.2, 0.25) is 0 Å². The van der Waals surface area contributed by atoms with Crippen molar-refractivity contribution in [1.82, 2.24) is 10.1 Å². The monoisotopic (exact) mass is 188 g/mol. The van der Waals surface area contributed by atoms with E-state index in [2.05, 4.69) is 24.0 Å². The molecule has 0 aliphatic carbocycles. The quantitative estimate of drug-likeness (QED) is 0.685. The molecule has 0 saturated heterocycles. The Morgan fingerprint density at radius 1 is 1.50 bits per heavy atom. The highest BCUT2D eigenvalue weighted by atomic mass is 35.5. The number of hydrogen-bond donors (Lipinski definition) is 0. The molecule has 12 heavy (non-hydrogen) atoms. The van der Waals surface area contributed by atoms with Crippen LogP contribution in [0.1, 0.15) is 50.2 Å². The van der Waals surface area contributed by atoms with Crippen LogP contribution in [0.15, 0.2) is 4.52 Å². The molecule has 0 radical (unpaired) electrons. The molecule has 0 bridgehead atoms. The van der Waals surface area contributed by atoms with Gasteiger partial charge < -0.3 is 4.52 Å². The first-order valence-electron chi connectivity index (χ1n) is 4.12. The predicted molar refractivity (Wildman–Crippen MR) is 47.3 cm³/mol. The number of rotatable bonds is 3. The normalized spacial score (nSPS) is 16.0. The van der Waals surface area contributed by atoms with Crippen molar-refractivity contribution in [1.29, 1.82) is 0 Å². The molecule has 0 spiro atoms. The van der Waals surface area contributed by atoms with Gasteiger partial charge in [-0.25, -0.2) is 0 Å². The van der Waals surface area contributed by atoms with E-state index < -0.39 is 0 Å². The Morgan fingerprint density at radius 2 is 2.17 bits per heavy atom. The highest BCUT2D eigenvalue weighted by molar-refractivity contribution is 6.20. The molecular formula is C8H13ClN2O. The summed E-state index contributed by atoms with van der Waals surface area (Å²) in [5.74, 6) is 1.60. The molecular weight excluding hydrogens is 176 g/mol. The van der Waals surface area contributed by atoms with Crippen LogP contribution in [-0.4, -0.2) is 10.1 Å². The molecule has 68 valence electrons. The maximum absolute atomic E-state index is 5.77. The zero-order chi connectivity index (χ0) is 9.14. The van der Waals surface area contributed by atoms with E-state index in [1.807, 2.05) is 6.92 Å². The van der Waals surface area contributed by atoms with Crippen molar-refractivity contribution in [3.05, 3.63) is 11.7 Å². The average Bonchev–Trinajstić information content (AvgIpc) is 2.51. The molecule has 3 nitrogen and oxygen atoms in total. The summed E-state index contributed by atoms with van der Waals surface area (Å²) in [6.07, 6.45) is 1.01. The van der Waals surface area contributed by atoms with E-state index in [0.717, 1.165) is 12.2 Å². The number of alkyl halides is 1. The summed E-state index contributed by atoms with van der Waals surface area (Å²) in [6.45, 7) is 5.97. The van der Waals surface area contributed by atoms with E-state index >= 15 is 0 Å². The lowest BCUT2D eigenvalue weighted by molar-refractivity contribution is 0.370. The zero-order valence-electron chi connectivity index (χ0n) is 7.54. The minimum atomic E-state index is -0.199. The molecule has 0 aliphatic heterocycles. The molecule has 2 unspecified atom stereocenters. The molecule has 0 aromatic carbocycles. The number of nitrogens with zero attached hydrogens (tertiary/aromatic N) is 2. The smallest absolute Gasteiger partial charge is 0.244 e. The molecule has 4 heteroatoms. The molecule has 0 saturated carbocycles. The molecule has 1 rings (SSSR count). The lowest BCUT2D eigenvalue weighted by atomic mass is 10.1. The molecule has 0 aliphatic rings. The third-order valence-electron chi connectivity index (χ3n) is 1.85. The van der Waals surface area contributed by atoms with Crippen LogP contribution >= 0.6 is 11.6 Å². The summed E-state index contributed by atoms with van der Waals surface area (Å²) in [6, 6.07) is 0. The van der Waals surface area contributed by atoms with Crippen molar-refractivity contribution in [3.8, 4) is 0 Å². The van der Waals surface area contributed by atoms with E-state index in [9.17, 15) is 0 Å². The van der Waals surface area contributed by atoms with E-state index in [1.165, 1.54) is 0 Å². The van der Waals surface area contributed by atoms with Crippen molar-refractivity contribution >= 4 is 11.6 Å². The van der Waals surface area contributed by atoms with Gasteiger partial charge in [-0.15, -0.1) is 11.6 Å². The van der Waals surface area contributed by atoms with Gasteiger partial charge in [0.2, 0.25) is 5.89 Å². The Hall–Kier alpha value is -0.570. The van der Waals surface area contributed by atoms with Crippen LogP contribution in [-0.2, 0) is 0 Å². The van der Waals surface area contributed by atoms with Crippen LogP contribution in [0.5, 0.6) is 0 Å². The van der Waals surface area contributed by atoms with E-state index in [0.29, 0.717) is 11.8 Å². The van der Waals surface area contributed by atoms with Gasteiger partial charge in [-0.05, 0) is 13.3 Å². The Balaban J connectivity index is 2.77. The van der Waals surface area contributed by atoms with E-state index in [-0.39, 0.29) is 5.38 Å². The summed E-state index contributed by atoms with van der Waals surface area (Å²) in [7, 11) is 0. The van der Waals surface area contributed by atoms with Crippen LogP contribution in [0.3, 0.4) is 0 Å². The topological polar surface area (TPSA) is 38.9 Å². The fourth-order valence-corrected chi connectivity index (χ4v) is 0.880. The molecule has 1 heterocycles. The van der Waals surface area contributed by atoms with Crippen LogP contribution in [0.4, 0.5) is 0 Å². The van der Waals surface area contributed by atoms with E-state index in [4.69, 9.17) is 16.1 Å². The van der Waals surface area contributed by atoms with Crippen molar-refractivity contribution < 1.29 is 4.52 Å². The maximum Gasteiger partial charge on any atom is 0.244 e. The minimum absolute atomic E-state index is 0.199. The lowest BCUT2D eigenvalue weighted by Gasteiger charge is -1.98. The van der Waals surface area contributed by atoms with Crippen molar-refractivity contribution in [3.63, 3.8) is 0 Å². The largest absolute Gasteiger partial charge is 0.338 e. The Kier molecular flexibility index (Phi) is 3.09. The zero-order valence-corrected chi connectivity index (χ0v) is 8.30. The molecule has 2 atom stereocenters. The Labute approximate surface area is 77.1 Å². The van der Waals surface area contributed by atoms with Gasteiger partial charge >= 0.3 is 0 Å². The van der Waals surface area contributed by atoms with Gasteiger partial charge in [-0.1, -0.05) is 19.0 Å². The molecule has 0 fully saturated rings. The first-order chi connectivity index (χ1) is 5.65. The third-order valence-corrected chi connectivity index (χ3v) is 2.04. The third kappa shape index (κ3) is 1.97. The Morgan fingerprint density at radius 3 is 2.58 bits per heavy atom. The summed E-state index contributed by atoms with van der Waals surface area (Å²) < 4.78 is 4.96. The van der Waals surface area contributed by atoms with Crippen molar-refractivity contribution in [2.24, 2.45) is 0 Å². The molecule has 0 N–H and O–H groups in total. The van der Waals surface area contributed by atoms with Crippen molar-refractivity contribution in [2.45, 2.75) is 38.5 Å². The fourth-order valence-electron chi connectivity index (χ4n) is 0.792. The second-order valence-electron chi connectivity index (χ2n) is 2.92. The highest BCUT2D eigenvalue weighted by Gasteiger charge is 2.14. The van der Waals surface area contributed by atoms with Gasteiger partial charge in [0, 0.05) is 5.92 Å². The lowest BCUT2D eigenvalue weighted by Crippen LogP contribution is -1.94. The first-order valence-corrected chi connectivity index (χ1v) is 4.56.